The molecule has 1 fully saturated rings. The van der Waals surface area contributed by atoms with Gasteiger partial charge in [0, 0.05) is 31.6 Å². The van der Waals surface area contributed by atoms with Crippen LogP contribution in [0.2, 0.25) is 0 Å². The maximum Gasteiger partial charge on any atom is 0.251 e. The Morgan fingerprint density at radius 3 is 2.48 bits per heavy atom. The van der Waals surface area contributed by atoms with Gasteiger partial charge in [-0.25, -0.2) is 4.98 Å². The van der Waals surface area contributed by atoms with Gasteiger partial charge in [0.05, 0.1) is 11.0 Å². The molecule has 0 atom stereocenters. The minimum Gasteiger partial charge on any atom is -0.352 e. The molecule has 0 saturated carbocycles. The standard InChI is InChI=1S/C27H34N4O2/c1-21-15-18-30(19-16-21)26(32)20-31-24-13-8-7-12-23(24)29-25(31)14-6-3-9-17-28-27(33)22-10-4-2-5-11-22/h2,4-5,7-8,10-13,21H,3,6,9,14-20H2,1H3,(H,28,33). The number of hydrogen-bond donors (Lipinski definition) is 1. The van der Waals surface area contributed by atoms with Crippen LogP contribution in [0.15, 0.2) is 54.6 Å². The van der Waals surface area contributed by atoms with Crippen LogP contribution in [0, 0.1) is 5.92 Å². The highest BCUT2D eigenvalue weighted by atomic mass is 16.2. The molecule has 6 heteroatoms. The predicted molar refractivity (Wildman–Crippen MR) is 131 cm³/mol. The molecular weight excluding hydrogens is 412 g/mol. The number of amides is 2. The second kappa shape index (κ2) is 11.1. The Hall–Kier alpha value is -3.15. The topological polar surface area (TPSA) is 67.2 Å². The number of hydrogen-bond acceptors (Lipinski definition) is 3. The van der Waals surface area contributed by atoms with Crippen molar-refractivity contribution in [2.45, 2.75) is 52.0 Å². The number of unbranched alkanes of at least 4 members (excludes halogenated alkanes) is 2. The number of rotatable bonds is 9. The Bertz CT molecular complexity index is 1070. The average Bonchev–Trinajstić information content (AvgIpc) is 3.19. The lowest BCUT2D eigenvalue weighted by Crippen LogP contribution is -2.39. The molecule has 1 N–H and O–H groups in total. The quantitative estimate of drug-likeness (QED) is 0.494. The fraction of sp³-hybridized carbons (Fsp3) is 0.444. The second-order valence-corrected chi connectivity index (χ2v) is 9.10. The summed E-state index contributed by atoms with van der Waals surface area (Å²) in [6, 6.07) is 17.4. The van der Waals surface area contributed by atoms with Gasteiger partial charge in [-0.3, -0.25) is 9.59 Å². The number of carbonyl (C=O) groups is 2. The number of nitrogens with one attached hydrogen (secondary N) is 1. The molecule has 1 aliphatic rings. The van der Waals surface area contributed by atoms with Crippen molar-refractivity contribution in [3.8, 4) is 0 Å². The van der Waals surface area contributed by atoms with Crippen LogP contribution in [0.3, 0.4) is 0 Å². The van der Waals surface area contributed by atoms with Crippen LogP contribution < -0.4 is 5.32 Å². The van der Waals surface area contributed by atoms with Gasteiger partial charge in [0.15, 0.2) is 0 Å². The van der Waals surface area contributed by atoms with E-state index in [1.54, 1.807) is 0 Å². The SMILES string of the molecule is CC1CCN(C(=O)Cn2c(CCCCCNC(=O)c3ccccc3)nc3ccccc32)CC1. The molecule has 4 rings (SSSR count). The highest BCUT2D eigenvalue weighted by molar-refractivity contribution is 5.94. The van der Waals surface area contributed by atoms with Crippen molar-refractivity contribution in [2.75, 3.05) is 19.6 Å². The van der Waals surface area contributed by atoms with E-state index in [0.29, 0.717) is 24.6 Å². The summed E-state index contributed by atoms with van der Waals surface area (Å²) < 4.78 is 2.10. The maximum atomic E-state index is 13.0. The van der Waals surface area contributed by atoms with Crippen LogP contribution in [0.5, 0.6) is 0 Å². The van der Waals surface area contributed by atoms with E-state index in [2.05, 4.69) is 22.9 Å². The molecule has 0 aliphatic carbocycles. The summed E-state index contributed by atoms with van der Waals surface area (Å²) in [5, 5.41) is 2.99. The average molecular weight is 447 g/mol. The molecule has 1 saturated heterocycles. The van der Waals surface area contributed by atoms with Gasteiger partial charge in [0.2, 0.25) is 5.91 Å². The Labute approximate surface area is 196 Å². The van der Waals surface area contributed by atoms with Crippen LogP contribution in [0.25, 0.3) is 11.0 Å². The van der Waals surface area contributed by atoms with Crippen molar-refractivity contribution in [2.24, 2.45) is 5.92 Å². The predicted octanol–water partition coefficient (Wildman–Crippen LogP) is 4.44. The molecule has 3 aromatic rings. The molecule has 6 nitrogen and oxygen atoms in total. The van der Waals surface area contributed by atoms with E-state index in [4.69, 9.17) is 4.98 Å². The third-order valence-electron chi connectivity index (χ3n) is 6.56. The maximum absolute atomic E-state index is 13.0. The molecule has 2 amide bonds. The van der Waals surface area contributed by atoms with Gasteiger partial charge in [-0.2, -0.15) is 0 Å². The first-order chi connectivity index (χ1) is 16.1. The number of fused-ring (bicyclic) bond motifs is 1. The molecule has 33 heavy (non-hydrogen) atoms. The number of imidazole rings is 1. The molecule has 0 unspecified atom stereocenters. The Morgan fingerprint density at radius 1 is 0.970 bits per heavy atom. The first kappa shape index (κ1) is 23.0. The second-order valence-electron chi connectivity index (χ2n) is 9.10. The summed E-state index contributed by atoms with van der Waals surface area (Å²) >= 11 is 0. The lowest BCUT2D eigenvalue weighted by molar-refractivity contribution is -0.133. The minimum absolute atomic E-state index is 0.0250. The molecule has 2 heterocycles. The normalized spacial score (nSPS) is 14.5. The van der Waals surface area contributed by atoms with Crippen molar-refractivity contribution in [1.82, 2.24) is 19.8 Å². The molecule has 1 aliphatic heterocycles. The fourth-order valence-electron chi connectivity index (χ4n) is 4.46. The van der Waals surface area contributed by atoms with Gasteiger partial charge >= 0.3 is 0 Å². The van der Waals surface area contributed by atoms with Crippen LogP contribution >= 0.6 is 0 Å². The summed E-state index contributed by atoms with van der Waals surface area (Å²) in [5.41, 5.74) is 2.67. The largest absolute Gasteiger partial charge is 0.352 e. The van der Waals surface area contributed by atoms with Crippen molar-refractivity contribution in [1.29, 1.82) is 0 Å². The summed E-state index contributed by atoms with van der Waals surface area (Å²) in [6.45, 7) is 5.00. The van der Waals surface area contributed by atoms with E-state index >= 15 is 0 Å². The van der Waals surface area contributed by atoms with Crippen molar-refractivity contribution in [3.05, 3.63) is 66.0 Å². The zero-order valence-electron chi connectivity index (χ0n) is 19.5. The van der Waals surface area contributed by atoms with Crippen LogP contribution in [0.1, 0.15) is 55.2 Å². The van der Waals surface area contributed by atoms with Gasteiger partial charge in [0.1, 0.15) is 12.4 Å². The number of piperidine rings is 1. The lowest BCUT2D eigenvalue weighted by Gasteiger charge is -2.30. The van der Waals surface area contributed by atoms with E-state index in [9.17, 15) is 9.59 Å². The molecule has 2 aromatic carbocycles. The minimum atomic E-state index is -0.0250. The third kappa shape index (κ3) is 6.01. The van der Waals surface area contributed by atoms with Gasteiger partial charge in [-0.1, -0.05) is 43.7 Å². The highest BCUT2D eigenvalue weighted by Crippen LogP contribution is 2.20. The summed E-state index contributed by atoms with van der Waals surface area (Å²) in [5.74, 6) is 1.84. The van der Waals surface area contributed by atoms with Crippen molar-refractivity contribution >= 4 is 22.8 Å². The Balaban J connectivity index is 1.30. The smallest absolute Gasteiger partial charge is 0.251 e. The van der Waals surface area contributed by atoms with Gasteiger partial charge < -0.3 is 14.8 Å². The molecule has 0 bridgehead atoms. The van der Waals surface area contributed by atoms with E-state index in [0.717, 1.165) is 68.5 Å². The molecule has 0 spiro atoms. The van der Waals surface area contributed by atoms with Gasteiger partial charge in [-0.05, 0) is 55.9 Å². The van der Waals surface area contributed by atoms with Crippen molar-refractivity contribution in [3.63, 3.8) is 0 Å². The lowest BCUT2D eigenvalue weighted by atomic mass is 9.99. The first-order valence-electron chi connectivity index (χ1n) is 12.2. The number of para-hydroxylation sites is 2. The number of benzene rings is 2. The Morgan fingerprint density at radius 2 is 1.70 bits per heavy atom. The molecule has 174 valence electrons. The van der Waals surface area contributed by atoms with E-state index in [-0.39, 0.29) is 11.8 Å². The Kier molecular flexibility index (Phi) is 7.76. The number of aromatic nitrogens is 2. The zero-order valence-corrected chi connectivity index (χ0v) is 19.5. The van der Waals surface area contributed by atoms with E-state index in [1.807, 2.05) is 53.4 Å². The fourth-order valence-corrected chi connectivity index (χ4v) is 4.46. The van der Waals surface area contributed by atoms with Gasteiger partial charge in [-0.15, -0.1) is 0 Å². The van der Waals surface area contributed by atoms with E-state index < -0.39 is 0 Å². The van der Waals surface area contributed by atoms with Crippen LogP contribution in [0.4, 0.5) is 0 Å². The zero-order chi connectivity index (χ0) is 23.0. The monoisotopic (exact) mass is 446 g/mol. The van der Waals surface area contributed by atoms with Crippen LogP contribution in [-0.2, 0) is 17.8 Å². The van der Waals surface area contributed by atoms with Crippen molar-refractivity contribution < 1.29 is 9.59 Å². The molecule has 1 aromatic heterocycles. The van der Waals surface area contributed by atoms with Gasteiger partial charge in [0.25, 0.3) is 5.91 Å². The highest BCUT2D eigenvalue weighted by Gasteiger charge is 2.22. The number of nitrogens with zero attached hydrogens (tertiary/aromatic N) is 3. The third-order valence-corrected chi connectivity index (χ3v) is 6.56. The van der Waals surface area contributed by atoms with E-state index in [1.165, 1.54) is 0 Å². The first-order valence-corrected chi connectivity index (χ1v) is 12.2. The van der Waals surface area contributed by atoms with Crippen LogP contribution in [-0.4, -0.2) is 45.9 Å². The summed E-state index contributed by atoms with van der Waals surface area (Å²) in [7, 11) is 0. The number of carbonyl (C=O) groups excluding carboxylic acids is 2. The molecule has 0 radical (unpaired) electrons. The number of aryl methyl sites for hydroxylation is 1. The summed E-state index contributed by atoms with van der Waals surface area (Å²) in [4.78, 5) is 32.0. The summed E-state index contributed by atoms with van der Waals surface area (Å²) in [6.07, 6.45) is 5.89. The molecular formula is C27H34N4O2. The number of likely N-dealkylation sites (tertiary alicyclic amines) is 1.